The van der Waals surface area contributed by atoms with Crippen molar-refractivity contribution in [2.75, 3.05) is 66.1 Å². The van der Waals surface area contributed by atoms with Crippen molar-refractivity contribution in [2.45, 2.75) is 39.3 Å². The summed E-state index contributed by atoms with van der Waals surface area (Å²) in [6, 6.07) is 0.412. The molecule has 0 aromatic carbocycles. The molecule has 9 heteroatoms. The van der Waals surface area contributed by atoms with Crippen LogP contribution in [0.1, 0.15) is 27.2 Å². The molecule has 2 heterocycles. The quantitative estimate of drug-likeness (QED) is 0.222. The second-order valence-corrected chi connectivity index (χ2v) is 8.59. The number of carbonyl (C=O) groups is 1. The van der Waals surface area contributed by atoms with Gasteiger partial charge in [-0.05, 0) is 13.3 Å². The Morgan fingerprint density at radius 3 is 2.66 bits per heavy atom. The number of ether oxygens (including phenoxy) is 2. The maximum atomic E-state index is 12.0. The Morgan fingerprint density at radius 1 is 1.28 bits per heavy atom. The van der Waals surface area contributed by atoms with Crippen molar-refractivity contribution in [3.8, 4) is 0 Å². The van der Waals surface area contributed by atoms with E-state index in [0.29, 0.717) is 37.8 Å². The topological polar surface area (TPSA) is 78.4 Å². The number of hydrogen-bond donors (Lipinski definition) is 2. The zero-order valence-corrected chi connectivity index (χ0v) is 20.6. The molecule has 0 aromatic heterocycles. The monoisotopic (exact) mass is 523 g/mol. The van der Waals surface area contributed by atoms with Gasteiger partial charge in [0.2, 0.25) is 5.91 Å². The highest BCUT2D eigenvalue weighted by molar-refractivity contribution is 14.0. The number of amides is 1. The fraction of sp³-hybridized carbons (Fsp3) is 0.900. The molecule has 1 saturated carbocycles. The first-order valence-corrected chi connectivity index (χ1v) is 10.6. The van der Waals surface area contributed by atoms with Crippen molar-refractivity contribution in [2.24, 2.45) is 16.3 Å². The first-order valence-electron chi connectivity index (χ1n) is 10.6. The van der Waals surface area contributed by atoms with E-state index in [-0.39, 0.29) is 35.3 Å². The van der Waals surface area contributed by atoms with E-state index in [9.17, 15) is 4.79 Å². The van der Waals surface area contributed by atoms with Crippen LogP contribution in [0.3, 0.4) is 0 Å². The van der Waals surface area contributed by atoms with Crippen molar-refractivity contribution in [3.05, 3.63) is 0 Å². The molecule has 0 bridgehead atoms. The van der Waals surface area contributed by atoms with Crippen LogP contribution in [0.5, 0.6) is 0 Å². The van der Waals surface area contributed by atoms with Crippen molar-refractivity contribution in [3.63, 3.8) is 0 Å². The molecule has 0 spiro atoms. The van der Waals surface area contributed by atoms with Gasteiger partial charge in [0.15, 0.2) is 5.96 Å². The third-order valence-corrected chi connectivity index (χ3v) is 6.36. The number of piperazine rings is 1. The lowest BCUT2D eigenvalue weighted by Crippen LogP contribution is -2.68. The largest absolute Gasteiger partial charge is 0.383 e. The Kier molecular flexibility index (Phi) is 9.43. The zero-order valence-electron chi connectivity index (χ0n) is 18.3. The standard InChI is InChI=1S/C20H37N5O3.HI/c1-5-21-19(23-17-15-6-12-28-18(15)20(17,2)3)25-10-8-24(9-11-25)14-16(26)22-7-13-27-4;/h15,17-18H,5-14H2,1-4H3,(H,21,23)(H,22,26);1H. The number of guanidine groups is 1. The van der Waals surface area contributed by atoms with Gasteiger partial charge in [0.1, 0.15) is 0 Å². The van der Waals surface area contributed by atoms with Crippen LogP contribution in [0.2, 0.25) is 0 Å². The van der Waals surface area contributed by atoms with Crippen LogP contribution in [0.25, 0.3) is 0 Å². The summed E-state index contributed by atoms with van der Waals surface area (Å²) in [7, 11) is 1.64. The van der Waals surface area contributed by atoms with Crippen LogP contribution in [-0.4, -0.2) is 99.9 Å². The van der Waals surface area contributed by atoms with E-state index in [1.807, 2.05) is 0 Å². The molecular weight excluding hydrogens is 485 g/mol. The molecule has 2 saturated heterocycles. The van der Waals surface area contributed by atoms with Crippen LogP contribution in [0.4, 0.5) is 0 Å². The molecule has 3 atom stereocenters. The lowest BCUT2D eigenvalue weighted by molar-refractivity contribution is -0.122. The lowest BCUT2D eigenvalue weighted by Gasteiger charge is -2.55. The number of methoxy groups -OCH3 is 1. The van der Waals surface area contributed by atoms with E-state index < -0.39 is 0 Å². The van der Waals surface area contributed by atoms with E-state index in [0.717, 1.165) is 51.7 Å². The summed E-state index contributed by atoms with van der Waals surface area (Å²) in [6.45, 7) is 13.4. The number of aliphatic imine (C=N–C) groups is 1. The average Bonchev–Trinajstić information content (AvgIpc) is 3.13. The Balaban J connectivity index is 0.00000300. The molecule has 1 amide bonds. The third kappa shape index (κ3) is 5.74. The van der Waals surface area contributed by atoms with Crippen molar-refractivity contribution >= 4 is 35.8 Å². The number of fused-ring (bicyclic) bond motifs is 1. The van der Waals surface area contributed by atoms with E-state index in [4.69, 9.17) is 14.5 Å². The minimum Gasteiger partial charge on any atom is -0.383 e. The summed E-state index contributed by atoms with van der Waals surface area (Å²) in [5.74, 6) is 1.67. The molecular formula is C20H38IN5O3. The predicted octanol–water partition coefficient (Wildman–Crippen LogP) is 0.764. The van der Waals surface area contributed by atoms with Gasteiger partial charge in [0.05, 0.1) is 19.3 Å². The molecule has 2 aliphatic heterocycles. The molecule has 0 radical (unpaired) electrons. The summed E-state index contributed by atoms with van der Waals surface area (Å²) in [5.41, 5.74) is 0.137. The first kappa shape index (κ1) is 24.6. The molecule has 3 fully saturated rings. The van der Waals surface area contributed by atoms with Crippen LogP contribution < -0.4 is 10.6 Å². The minimum absolute atomic E-state index is 0. The SMILES string of the molecule is CCN=C(NC1C2CCOC2C1(C)C)N1CCN(CC(=O)NCCOC)CC1.I. The van der Waals surface area contributed by atoms with Crippen LogP contribution in [0, 0.1) is 11.3 Å². The fourth-order valence-corrected chi connectivity index (χ4v) is 4.81. The Morgan fingerprint density at radius 2 is 2.00 bits per heavy atom. The second kappa shape index (κ2) is 11.1. The van der Waals surface area contributed by atoms with Crippen LogP contribution in [0.15, 0.2) is 4.99 Å². The second-order valence-electron chi connectivity index (χ2n) is 8.59. The number of nitrogens with zero attached hydrogens (tertiary/aromatic N) is 3. The maximum absolute atomic E-state index is 12.0. The van der Waals surface area contributed by atoms with Gasteiger partial charge in [-0.15, -0.1) is 24.0 Å². The van der Waals surface area contributed by atoms with Gasteiger partial charge < -0.3 is 25.0 Å². The van der Waals surface area contributed by atoms with E-state index in [1.54, 1.807) is 7.11 Å². The highest BCUT2D eigenvalue weighted by Crippen LogP contribution is 2.52. The van der Waals surface area contributed by atoms with Crippen molar-refractivity contribution < 1.29 is 14.3 Å². The normalized spacial score (nSPS) is 28.9. The summed E-state index contributed by atoms with van der Waals surface area (Å²) in [6.07, 6.45) is 1.51. The smallest absolute Gasteiger partial charge is 0.234 e. The number of halogens is 1. The third-order valence-electron chi connectivity index (χ3n) is 6.36. The maximum Gasteiger partial charge on any atom is 0.234 e. The van der Waals surface area contributed by atoms with E-state index in [1.165, 1.54) is 0 Å². The summed E-state index contributed by atoms with van der Waals surface area (Å²) < 4.78 is 10.9. The zero-order chi connectivity index (χ0) is 20.1. The predicted molar refractivity (Wildman–Crippen MR) is 125 cm³/mol. The molecule has 2 N–H and O–H groups in total. The lowest BCUT2D eigenvalue weighted by atomic mass is 9.57. The number of hydrogen-bond acceptors (Lipinski definition) is 5. The summed E-state index contributed by atoms with van der Waals surface area (Å²) in [5, 5.41) is 6.65. The van der Waals surface area contributed by atoms with Crippen LogP contribution in [-0.2, 0) is 14.3 Å². The molecule has 168 valence electrons. The Bertz CT molecular complexity index is 566. The van der Waals surface area contributed by atoms with Gasteiger partial charge in [-0.3, -0.25) is 14.7 Å². The van der Waals surface area contributed by atoms with Gasteiger partial charge in [-0.1, -0.05) is 13.8 Å². The Hall–Kier alpha value is -0.650. The minimum atomic E-state index is 0. The van der Waals surface area contributed by atoms with Gasteiger partial charge in [-0.25, -0.2) is 0 Å². The van der Waals surface area contributed by atoms with E-state index >= 15 is 0 Å². The van der Waals surface area contributed by atoms with Gasteiger partial charge in [0.25, 0.3) is 0 Å². The van der Waals surface area contributed by atoms with Crippen LogP contribution >= 0.6 is 24.0 Å². The number of nitrogens with one attached hydrogen (secondary N) is 2. The molecule has 29 heavy (non-hydrogen) atoms. The van der Waals surface area contributed by atoms with Gasteiger partial charge in [-0.2, -0.15) is 0 Å². The molecule has 3 rings (SSSR count). The van der Waals surface area contributed by atoms with Gasteiger partial charge >= 0.3 is 0 Å². The highest BCUT2D eigenvalue weighted by atomic mass is 127. The average molecular weight is 523 g/mol. The Labute approximate surface area is 192 Å². The first-order chi connectivity index (χ1) is 13.5. The number of rotatable bonds is 7. The number of carbonyl (C=O) groups excluding carboxylic acids is 1. The van der Waals surface area contributed by atoms with Gasteiger partial charge in [0, 0.05) is 70.4 Å². The van der Waals surface area contributed by atoms with Crippen molar-refractivity contribution in [1.29, 1.82) is 0 Å². The molecule has 1 aliphatic carbocycles. The van der Waals surface area contributed by atoms with Crippen molar-refractivity contribution in [1.82, 2.24) is 20.4 Å². The molecule has 0 aromatic rings. The summed E-state index contributed by atoms with van der Waals surface area (Å²) in [4.78, 5) is 21.3. The fourth-order valence-electron chi connectivity index (χ4n) is 4.81. The highest BCUT2D eigenvalue weighted by Gasteiger charge is 2.59. The van der Waals surface area contributed by atoms with E-state index in [2.05, 4.69) is 41.2 Å². The summed E-state index contributed by atoms with van der Waals surface area (Å²) >= 11 is 0. The molecule has 3 aliphatic rings. The molecule has 8 nitrogen and oxygen atoms in total. The molecule has 3 unspecified atom stereocenters.